The maximum atomic E-state index is 12.6. The Hall–Kier alpha value is -2.88. The zero-order valence-electron chi connectivity index (χ0n) is 23.0. The SMILES string of the molecule is C[Si](C)(C)C[C@@H]1O[C@H](COCc2ccccc2)[C@@H](OCc2ccccc2)[C@H](OCc2ccccc2)[C@H]1[N+](=O)[O-]. The summed E-state index contributed by atoms with van der Waals surface area (Å²) in [6, 6.07) is 29.0. The third-order valence-electron chi connectivity index (χ3n) is 6.78. The maximum absolute atomic E-state index is 12.6. The molecule has 4 rings (SSSR count). The van der Waals surface area contributed by atoms with Gasteiger partial charge in [-0.05, 0) is 22.7 Å². The van der Waals surface area contributed by atoms with Crippen LogP contribution >= 0.6 is 0 Å². The van der Waals surface area contributed by atoms with Crippen molar-refractivity contribution in [1.82, 2.24) is 0 Å². The van der Waals surface area contributed by atoms with Gasteiger partial charge < -0.3 is 18.9 Å². The lowest BCUT2D eigenvalue weighted by atomic mass is 9.93. The van der Waals surface area contributed by atoms with Crippen molar-refractivity contribution in [3.63, 3.8) is 0 Å². The molecule has 3 aromatic rings. The Kier molecular flexibility index (Phi) is 10.4. The van der Waals surface area contributed by atoms with Crippen molar-refractivity contribution in [3.05, 3.63) is 118 Å². The van der Waals surface area contributed by atoms with E-state index in [0.717, 1.165) is 16.7 Å². The lowest BCUT2D eigenvalue weighted by molar-refractivity contribution is -0.560. The van der Waals surface area contributed by atoms with Gasteiger partial charge in [-0.2, -0.15) is 0 Å². The summed E-state index contributed by atoms with van der Waals surface area (Å²) >= 11 is 0. The van der Waals surface area contributed by atoms with Crippen LogP contribution in [0.15, 0.2) is 91.0 Å². The molecule has 0 spiro atoms. The molecule has 0 radical (unpaired) electrons. The van der Waals surface area contributed by atoms with E-state index in [4.69, 9.17) is 18.9 Å². The van der Waals surface area contributed by atoms with Crippen molar-refractivity contribution >= 4 is 8.07 Å². The van der Waals surface area contributed by atoms with Crippen LogP contribution in [-0.4, -0.2) is 50.1 Å². The first-order valence-corrected chi connectivity index (χ1v) is 17.2. The van der Waals surface area contributed by atoms with Gasteiger partial charge >= 0.3 is 0 Å². The first kappa shape index (κ1) is 29.1. The van der Waals surface area contributed by atoms with Gasteiger partial charge in [0, 0.05) is 13.0 Å². The van der Waals surface area contributed by atoms with Gasteiger partial charge in [-0.1, -0.05) is 111 Å². The average molecular weight is 550 g/mol. The summed E-state index contributed by atoms with van der Waals surface area (Å²) in [7, 11) is -1.72. The summed E-state index contributed by atoms with van der Waals surface area (Å²) in [5.41, 5.74) is 2.98. The Morgan fingerprint density at radius 1 is 0.718 bits per heavy atom. The van der Waals surface area contributed by atoms with Crippen LogP contribution in [0.5, 0.6) is 0 Å². The Labute approximate surface area is 232 Å². The molecule has 1 aliphatic rings. The number of nitrogens with zero attached hydrogens (tertiary/aromatic N) is 1. The van der Waals surface area contributed by atoms with Crippen molar-refractivity contribution in [2.24, 2.45) is 0 Å². The predicted molar refractivity (Wildman–Crippen MR) is 154 cm³/mol. The fraction of sp³-hybridized carbons (Fsp3) is 0.419. The zero-order valence-corrected chi connectivity index (χ0v) is 24.0. The molecule has 1 fully saturated rings. The third kappa shape index (κ3) is 8.81. The van der Waals surface area contributed by atoms with Crippen LogP contribution in [0.4, 0.5) is 0 Å². The first-order valence-electron chi connectivity index (χ1n) is 13.5. The van der Waals surface area contributed by atoms with Gasteiger partial charge in [0.15, 0.2) is 6.10 Å². The van der Waals surface area contributed by atoms with E-state index in [-0.39, 0.29) is 18.1 Å². The molecule has 0 unspecified atom stereocenters. The molecule has 7 nitrogen and oxygen atoms in total. The standard InChI is InChI=1S/C31H39NO6Si/c1-39(2,3)23-28-29(32(33)34)31(37-21-26-17-11-6-12-18-26)30(36-20-25-15-9-5-10-16-25)27(38-28)22-35-19-24-13-7-4-8-14-24/h4-18,27-31H,19-23H2,1-3H3/t27-,28+,29+,30-,31-/m1/s1. The van der Waals surface area contributed by atoms with Gasteiger partial charge in [-0.25, -0.2) is 0 Å². The van der Waals surface area contributed by atoms with Gasteiger partial charge in [0.1, 0.15) is 18.3 Å². The molecule has 0 aliphatic carbocycles. The summed E-state index contributed by atoms with van der Waals surface area (Å²) in [5.74, 6) is 0. The van der Waals surface area contributed by atoms with Crippen molar-refractivity contribution < 1.29 is 23.9 Å². The number of nitro groups is 1. The third-order valence-corrected chi connectivity index (χ3v) is 8.41. The van der Waals surface area contributed by atoms with Crippen LogP contribution < -0.4 is 0 Å². The van der Waals surface area contributed by atoms with Gasteiger partial charge in [-0.15, -0.1) is 0 Å². The van der Waals surface area contributed by atoms with E-state index in [2.05, 4.69) is 19.6 Å². The second-order valence-corrected chi connectivity index (χ2v) is 16.8. The van der Waals surface area contributed by atoms with E-state index >= 15 is 0 Å². The fourth-order valence-electron chi connectivity index (χ4n) is 4.96. The van der Waals surface area contributed by atoms with Gasteiger partial charge in [0.2, 0.25) is 0 Å². The van der Waals surface area contributed by atoms with Crippen molar-refractivity contribution in [2.45, 2.75) is 76.0 Å². The van der Waals surface area contributed by atoms with Crippen LogP contribution in [-0.2, 0) is 38.8 Å². The minimum absolute atomic E-state index is 0.236. The molecule has 208 valence electrons. The number of benzene rings is 3. The second-order valence-electron chi connectivity index (χ2n) is 11.3. The number of hydrogen-bond acceptors (Lipinski definition) is 6. The highest BCUT2D eigenvalue weighted by atomic mass is 28.3. The molecule has 5 atom stereocenters. The topological polar surface area (TPSA) is 80.1 Å². The van der Waals surface area contributed by atoms with Gasteiger partial charge in [-0.3, -0.25) is 10.1 Å². The molecule has 1 saturated heterocycles. The van der Waals surface area contributed by atoms with Crippen LogP contribution in [0.3, 0.4) is 0 Å². The summed E-state index contributed by atoms with van der Waals surface area (Å²) in [6.45, 7) is 7.80. The average Bonchev–Trinajstić information content (AvgIpc) is 2.92. The van der Waals surface area contributed by atoms with Crippen LogP contribution in [0.1, 0.15) is 16.7 Å². The lowest BCUT2D eigenvalue weighted by Crippen LogP contribution is -2.63. The molecule has 0 aromatic heterocycles. The van der Waals surface area contributed by atoms with E-state index in [1.165, 1.54) is 0 Å². The molecule has 8 heteroatoms. The van der Waals surface area contributed by atoms with E-state index in [1.807, 2.05) is 91.0 Å². The lowest BCUT2D eigenvalue weighted by Gasteiger charge is -2.43. The number of ether oxygens (including phenoxy) is 4. The normalized spacial score (nSPS) is 23.4. The molecule has 3 aromatic carbocycles. The molecule has 0 saturated carbocycles. The second kappa shape index (κ2) is 14.0. The van der Waals surface area contributed by atoms with Crippen LogP contribution in [0, 0.1) is 10.1 Å². The zero-order chi connectivity index (χ0) is 27.7. The van der Waals surface area contributed by atoms with Gasteiger partial charge in [0.25, 0.3) is 6.04 Å². The number of hydrogen-bond donors (Lipinski definition) is 0. The molecule has 0 bridgehead atoms. The molecule has 39 heavy (non-hydrogen) atoms. The van der Waals surface area contributed by atoms with E-state index in [1.54, 1.807) is 0 Å². The molecular formula is C31H39NO6Si. The predicted octanol–water partition coefficient (Wildman–Crippen LogP) is 6.12. The smallest absolute Gasteiger partial charge is 0.266 e. The summed E-state index contributed by atoms with van der Waals surface area (Å²) in [6.07, 6.45) is -2.59. The highest BCUT2D eigenvalue weighted by molar-refractivity contribution is 6.76. The van der Waals surface area contributed by atoms with E-state index in [9.17, 15) is 10.1 Å². The number of rotatable bonds is 13. The summed E-state index contributed by atoms with van der Waals surface area (Å²) in [5, 5.41) is 12.6. The Morgan fingerprint density at radius 3 is 1.64 bits per heavy atom. The molecule has 1 heterocycles. The highest BCUT2D eigenvalue weighted by Gasteiger charge is 2.54. The first-order chi connectivity index (χ1) is 18.8. The Bertz CT molecular complexity index is 1140. The van der Waals surface area contributed by atoms with E-state index in [0.29, 0.717) is 19.3 Å². The Balaban J connectivity index is 1.61. The largest absolute Gasteiger partial charge is 0.374 e. The van der Waals surface area contributed by atoms with Crippen molar-refractivity contribution in [3.8, 4) is 0 Å². The van der Waals surface area contributed by atoms with Crippen LogP contribution in [0.25, 0.3) is 0 Å². The van der Waals surface area contributed by atoms with Crippen LogP contribution in [0.2, 0.25) is 25.7 Å². The highest BCUT2D eigenvalue weighted by Crippen LogP contribution is 2.33. The van der Waals surface area contributed by atoms with Crippen molar-refractivity contribution in [1.29, 1.82) is 0 Å². The summed E-state index contributed by atoms with van der Waals surface area (Å²) in [4.78, 5) is 12.3. The van der Waals surface area contributed by atoms with E-state index < -0.39 is 38.5 Å². The van der Waals surface area contributed by atoms with Gasteiger partial charge in [0.05, 0.1) is 26.4 Å². The quantitative estimate of drug-likeness (QED) is 0.145. The Morgan fingerprint density at radius 2 is 1.18 bits per heavy atom. The minimum atomic E-state index is -1.72. The monoisotopic (exact) mass is 549 g/mol. The minimum Gasteiger partial charge on any atom is -0.374 e. The maximum Gasteiger partial charge on any atom is 0.266 e. The molecule has 1 aliphatic heterocycles. The summed E-state index contributed by atoms with van der Waals surface area (Å²) < 4.78 is 25.4. The molecular weight excluding hydrogens is 510 g/mol. The fourth-order valence-corrected chi connectivity index (χ4v) is 6.50. The molecule has 0 amide bonds. The molecule has 0 N–H and O–H groups in total. The van der Waals surface area contributed by atoms with Crippen molar-refractivity contribution in [2.75, 3.05) is 6.61 Å².